The molecule has 0 aliphatic carbocycles. The van der Waals surface area contributed by atoms with Crippen LogP contribution >= 0.6 is 0 Å². The van der Waals surface area contributed by atoms with Crippen molar-refractivity contribution in [1.82, 2.24) is 0 Å². The van der Waals surface area contributed by atoms with Gasteiger partial charge in [0, 0.05) is 5.70 Å². The highest BCUT2D eigenvalue weighted by Gasteiger charge is 2.29. The summed E-state index contributed by atoms with van der Waals surface area (Å²) < 4.78 is 18.2. The van der Waals surface area contributed by atoms with Crippen LogP contribution in [0.1, 0.15) is 92.2 Å². The molecular formula is C28H43FN2O2. The van der Waals surface area contributed by atoms with Crippen molar-refractivity contribution < 1.29 is 14.2 Å². The highest BCUT2D eigenvalue weighted by Crippen LogP contribution is 2.30. The average molecular weight is 459 g/mol. The Kier molecular flexibility index (Phi) is 12.9. The lowest BCUT2D eigenvalue weighted by Gasteiger charge is -2.18. The predicted molar refractivity (Wildman–Crippen MR) is 138 cm³/mol. The first-order chi connectivity index (χ1) is 15.6. The molecule has 1 aromatic carbocycles. The molecule has 0 bridgehead atoms. The summed E-state index contributed by atoms with van der Waals surface area (Å²) in [4.78, 5) is 4.38. The minimum Gasteiger partial charge on any atom is -0.387 e. The quantitative estimate of drug-likeness (QED) is 0.246. The van der Waals surface area contributed by atoms with Crippen molar-refractivity contribution in [3.63, 3.8) is 0 Å². The number of aliphatic hydroxyl groups is 1. The maximum Gasteiger partial charge on any atom is 0.123 e. The molecule has 3 atom stereocenters. The van der Waals surface area contributed by atoms with E-state index in [1.165, 1.54) is 28.9 Å². The second kappa shape index (κ2) is 14.8. The average Bonchev–Trinajstić information content (AvgIpc) is 3.22. The third-order valence-corrected chi connectivity index (χ3v) is 5.88. The van der Waals surface area contributed by atoms with Gasteiger partial charge in [0.2, 0.25) is 0 Å². The number of aliphatic imine (C=N–C) groups is 1. The maximum atomic E-state index is 12.7. The van der Waals surface area contributed by atoms with Crippen LogP contribution in [0.5, 0.6) is 0 Å². The minimum absolute atomic E-state index is 0.148. The van der Waals surface area contributed by atoms with E-state index >= 15 is 0 Å². The van der Waals surface area contributed by atoms with E-state index in [1.807, 2.05) is 20.8 Å². The molecule has 1 fully saturated rings. The maximum absolute atomic E-state index is 12.7. The topological polar surface area (TPSA) is 67.8 Å². The summed E-state index contributed by atoms with van der Waals surface area (Å²) in [6.07, 6.45) is 8.98. The van der Waals surface area contributed by atoms with Crippen LogP contribution < -0.4 is 5.73 Å². The molecule has 1 heterocycles. The number of amidine groups is 1. The van der Waals surface area contributed by atoms with Crippen molar-refractivity contribution in [2.24, 2.45) is 10.7 Å². The Hall–Kier alpha value is -2.24. The number of rotatable bonds is 8. The second-order valence-electron chi connectivity index (χ2n) is 8.76. The van der Waals surface area contributed by atoms with Crippen LogP contribution in [-0.2, 0) is 4.74 Å². The molecular weight excluding hydrogens is 415 g/mol. The fourth-order valence-electron chi connectivity index (χ4n) is 3.64. The summed E-state index contributed by atoms with van der Waals surface area (Å²) in [6.45, 7) is 14.5. The van der Waals surface area contributed by atoms with Gasteiger partial charge < -0.3 is 15.6 Å². The Bertz CT molecular complexity index is 849. The zero-order valence-corrected chi connectivity index (χ0v) is 21.5. The highest BCUT2D eigenvalue weighted by atomic mass is 19.1. The smallest absolute Gasteiger partial charge is 0.123 e. The van der Waals surface area contributed by atoms with Crippen molar-refractivity contribution in [3.8, 4) is 0 Å². The van der Waals surface area contributed by atoms with Crippen LogP contribution in [0.15, 0.2) is 63.8 Å². The number of hydrogen-bond donors (Lipinski definition) is 2. The van der Waals surface area contributed by atoms with Crippen LogP contribution in [0.2, 0.25) is 0 Å². The standard InChI is InChI=1S/C16H28N2.C12H15FO2/c1-7-9-10-11-16(13(4)12(3)8-2)14(5)18-15(6)17;1-8-2-7-11(15-8)12(14)9-3-5-10(13)6-4-9/h10-11H,7-9H2,1-6H3,(H2,17,18);3-6,8,11-12,14H,2,7H2,1H3/b11-10-,13-12+,16-14-;. The molecule has 3 N–H and O–H groups in total. The Morgan fingerprint density at radius 2 is 1.82 bits per heavy atom. The molecule has 1 aromatic rings. The lowest BCUT2D eigenvalue weighted by atomic mass is 9.98. The van der Waals surface area contributed by atoms with Crippen molar-refractivity contribution in [3.05, 3.63) is 70.2 Å². The van der Waals surface area contributed by atoms with Gasteiger partial charge in [-0.3, -0.25) is 0 Å². The molecule has 4 nitrogen and oxygen atoms in total. The summed E-state index contributed by atoms with van der Waals surface area (Å²) in [7, 11) is 0. The van der Waals surface area contributed by atoms with Gasteiger partial charge in [-0.2, -0.15) is 0 Å². The number of unbranched alkanes of at least 4 members (excludes halogenated alkanes) is 1. The van der Waals surface area contributed by atoms with Gasteiger partial charge in [0.1, 0.15) is 11.9 Å². The van der Waals surface area contributed by atoms with Crippen molar-refractivity contribution in [2.75, 3.05) is 0 Å². The fourth-order valence-corrected chi connectivity index (χ4v) is 3.64. The molecule has 1 aliphatic rings. The zero-order valence-electron chi connectivity index (χ0n) is 21.5. The third kappa shape index (κ3) is 10.1. The summed E-state index contributed by atoms with van der Waals surface area (Å²) in [5.74, 6) is 0.322. The molecule has 0 saturated carbocycles. The number of benzene rings is 1. The fraction of sp³-hybridized carbons (Fsp3) is 0.536. The van der Waals surface area contributed by atoms with E-state index < -0.39 is 6.10 Å². The van der Waals surface area contributed by atoms with E-state index in [-0.39, 0.29) is 18.0 Å². The first kappa shape index (κ1) is 28.8. The van der Waals surface area contributed by atoms with Gasteiger partial charge in [-0.1, -0.05) is 50.1 Å². The van der Waals surface area contributed by atoms with Crippen LogP contribution in [0, 0.1) is 5.82 Å². The van der Waals surface area contributed by atoms with E-state index in [0.29, 0.717) is 5.84 Å². The normalized spacial score (nSPS) is 21.3. The number of ether oxygens (including phenoxy) is 1. The first-order valence-corrected chi connectivity index (χ1v) is 12.0. The summed E-state index contributed by atoms with van der Waals surface area (Å²) in [5, 5.41) is 9.98. The number of aliphatic hydroxyl groups excluding tert-OH is 1. The zero-order chi connectivity index (χ0) is 25.0. The SMILES string of the molecule is CC1CCC(C(O)c2ccc(F)cc2)O1.CCC\C=C/C(=C(\C)N=C(C)N)C(/C)=C(\C)CC. The molecule has 33 heavy (non-hydrogen) atoms. The van der Waals surface area contributed by atoms with Crippen LogP contribution in [0.4, 0.5) is 4.39 Å². The molecule has 0 radical (unpaired) electrons. The first-order valence-electron chi connectivity index (χ1n) is 12.0. The lowest BCUT2D eigenvalue weighted by Crippen LogP contribution is -2.18. The number of nitrogens with zero attached hydrogens (tertiary/aromatic N) is 1. The van der Waals surface area contributed by atoms with Crippen molar-refractivity contribution in [1.29, 1.82) is 0 Å². The van der Waals surface area contributed by atoms with Gasteiger partial charge in [0.05, 0.1) is 18.0 Å². The van der Waals surface area contributed by atoms with Crippen LogP contribution in [0.3, 0.4) is 0 Å². The van der Waals surface area contributed by atoms with Gasteiger partial charge in [-0.15, -0.1) is 0 Å². The Morgan fingerprint density at radius 3 is 2.30 bits per heavy atom. The third-order valence-electron chi connectivity index (χ3n) is 5.88. The highest BCUT2D eigenvalue weighted by molar-refractivity contribution is 5.78. The van der Waals surface area contributed by atoms with Crippen LogP contribution in [0.25, 0.3) is 0 Å². The molecule has 1 saturated heterocycles. The number of nitrogens with two attached hydrogens (primary N) is 1. The Labute approximate surface area is 200 Å². The predicted octanol–water partition coefficient (Wildman–Crippen LogP) is 7.17. The molecule has 3 unspecified atom stereocenters. The molecule has 0 spiro atoms. The monoisotopic (exact) mass is 458 g/mol. The van der Waals surface area contributed by atoms with Crippen molar-refractivity contribution in [2.45, 2.75) is 98.9 Å². The van der Waals surface area contributed by atoms with Gasteiger partial charge in [0.25, 0.3) is 0 Å². The molecule has 0 aromatic heterocycles. The van der Waals surface area contributed by atoms with Gasteiger partial charge in [0.15, 0.2) is 0 Å². The number of halogens is 1. The van der Waals surface area contributed by atoms with Gasteiger partial charge in [-0.25, -0.2) is 9.38 Å². The number of hydrogen-bond acceptors (Lipinski definition) is 3. The largest absolute Gasteiger partial charge is 0.387 e. The van der Waals surface area contributed by atoms with E-state index in [4.69, 9.17) is 10.5 Å². The second-order valence-corrected chi connectivity index (χ2v) is 8.76. The molecule has 5 heteroatoms. The van der Waals surface area contributed by atoms with Crippen molar-refractivity contribution >= 4 is 5.84 Å². The molecule has 1 aliphatic heterocycles. The number of allylic oxidation sites excluding steroid dienone is 6. The van der Waals surface area contributed by atoms with E-state index in [1.54, 1.807) is 12.1 Å². The summed E-state index contributed by atoms with van der Waals surface area (Å²) >= 11 is 0. The van der Waals surface area contributed by atoms with Gasteiger partial charge >= 0.3 is 0 Å². The molecule has 0 amide bonds. The summed E-state index contributed by atoms with van der Waals surface area (Å²) in [6, 6.07) is 5.92. The Balaban J connectivity index is 0.000000334. The summed E-state index contributed by atoms with van der Waals surface area (Å²) in [5.41, 5.74) is 11.3. The minimum atomic E-state index is -0.643. The molecule has 2 rings (SSSR count). The van der Waals surface area contributed by atoms with E-state index in [2.05, 4.69) is 44.8 Å². The van der Waals surface area contributed by atoms with Gasteiger partial charge in [-0.05, 0) is 89.1 Å². The van der Waals surface area contributed by atoms with Crippen LogP contribution in [-0.4, -0.2) is 23.2 Å². The van der Waals surface area contributed by atoms with E-state index in [9.17, 15) is 9.50 Å². The molecule has 184 valence electrons. The Morgan fingerprint density at radius 1 is 1.18 bits per heavy atom. The lowest BCUT2D eigenvalue weighted by molar-refractivity contribution is -0.0297. The van der Waals surface area contributed by atoms with E-state index in [0.717, 1.165) is 43.4 Å².